The van der Waals surface area contributed by atoms with Gasteiger partial charge in [-0.05, 0) is 42.0 Å². The Balaban J connectivity index is 1.42. The normalized spacial score (nSPS) is 10.7. The lowest BCUT2D eigenvalue weighted by Crippen LogP contribution is -2.16. The Labute approximate surface area is 196 Å². The largest absolute Gasteiger partial charge is 0.493 e. The number of carbonyl (C=O) groups excluding carboxylic acids is 1. The second-order valence-corrected chi connectivity index (χ2v) is 7.16. The van der Waals surface area contributed by atoms with E-state index in [1.165, 1.54) is 20.4 Å². The van der Waals surface area contributed by atoms with Crippen molar-refractivity contribution < 1.29 is 23.4 Å². The van der Waals surface area contributed by atoms with Gasteiger partial charge in [0.05, 0.1) is 32.1 Å². The van der Waals surface area contributed by atoms with Gasteiger partial charge in [0.25, 0.3) is 0 Å². The molecule has 4 rings (SSSR count). The minimum atomic E-state index is -0.488. The Morgan fingerprint density at radius 3 is 2.65 bits per heavy atom. The first kappa shape index (κ1) is 22.4. The summed E-state index contributed by atoms with van der Waals surface area (Å²) in [5.41, 5.74) is 4.98. The van der Waals surface area contributed by atoms with Crippen LogP contribution in [-0.2, 0) is 6.61 Å². The summed E-state index contributed by atoms with van der Waals surface area (Å²) >= 11 is 0. The zero-order valence-electron chi connectivity index (χ0n) is 18.6. The first-order valence-electron chi connectivity index (χ1n) is 10.3. The number of hydrogen-bond donors (Lipinski definition) is 1. The van der Waals surface area contributed by atoms with E-state index in [0.717, 1.165) is 10.9 Å². The number of rotatable bonds is 8. The molecule has 0 saturated carbocycles. The molecule has 1 N–H and O–H groups in total. The van der Waals surface area contributed by atoms with E-state index in [9.17, 15) is 10.1 Å². The van der Waals surface area contributed by atoms with E-state index in [-0.39, 0.29) is 12.4 Å². The quantitative estimate of drug-likeness (QED) is 0.306. The highest BCUT2D eigenvalue weighted by atomic mass is 16.5. The van der Waals surface area contributed by atoms with Crippen LogP contribution in [0.5, 0.6) is 17.2 Å². The maximum Gasteiger partial charge on any atom is 0.307 e. The summed E-state index contributed by atoms with van der Waals surface area (Å²) < 4.78 is 22.1. The van der Waals surface area contributed by atoms with Crippen LogP contribution >= 0.6 is 0 Å². The number of methoxy groups -OCH3 is 2. The van der Waals surface area contributed by atoms with Crippen molar-refractivity contribution in [2.24, 2.45) is 5.10 Å². The van der Waals surface area contributed by atoms with Crippen LogP contribution in [0.25, 0.3) is 11.0 Å². The summed E-state index contributed by atoms with van der Waals surface area (Å²) in [5, 5.41) is 14.0. The molecule has 34 heavy (non-hydrogen) atoms. The van der Waals surface area contributed by atoms with Crippen LogP contribution in [0.4, 0.5) is 0 Å². The van der Waals surface area contributed by atoms with E-state index in [1.807, 2.05) is 24.3 Å². The summed E-state index contributed by atoms with van der Waals surface area (Å²) in [6, 6.07) is 21.7. The molecule has 0 radical (unpaired) electrons. The molecule has 0 aliphatic heterocycles. The number of para-hydroxylation sites is 1. The van der Waals surface area contributed by atoms with Gasteiger partial charge in [-0.2, -0.15) is 10.4 Å². The number of fused-ring (bicyclic) bond motifs is 1. The molecule has 0 aliphatic rings. The predicted molar refractivity (Wildman–Crippen MR) is 126 cm³/mol. The van der Waals surface area contributed by atoms with Gasteiger partial charge in [0.15, 0.2) is 28.6 Å². The van der Waals surface area contributed by atoms with E-state index in [1.54, 1.807) is 42.5 Å². The zero-order chi connectivity index (χ0) is 23.9. The van der Waals surface area contributed by atoms with Crippen LogP contribution < -0.4 is 19.6 Å². The fraction of sp³-hybridized carbons (Fsp3) is 0.115. The van der Waals surface area contributed by atoms with Crippen LogP contribution in [0.2, 0.25) is 0 Å². The maximum atomic E-state index is 12.4. The van der Waals surface area contributed by atoms with E-state index in [4.69, 9.17) is 18.6 Å². The highest BCUT2D eigenvalue weighted by Gasteiger charge is 2.14. The Hall–Kier alpha value is -4.77. The lowest BCUT2D eigenvalue weighted by Gasteiger charge is -2.12. The lowest BCUT2D eigenvalue weighted by molar-refractivity contribution is 0.0929. The van der Waals surface area contributed by atoms with Crippen molar-refractivity contribution in [3.63, 3.8) is 0 Å². The minimum Gasteiger partial charge on any atom is -0.493 e. The molecule has 1 aromatic heterocycles. The molecule has 0 aliphatic carbocycles. The zero-order valence-corrected chi connectivity index (χ0v) is 18.6. The number of carbonyl (C=O) groups is 1. The average molecular weight is 455 g/mol. The Morgan fingerprint density at radius 2 is 1.85 bits per heavy atom. The monoisotopic (exact) mass is 455 g/mol. The average Bonchev–Trinajstić information content (AvgIpc) is 3.32. The number of nitrogens with zero attached hydrogens (tertiary/aromatic N) is 2. The summed E-state index contributed by atoms with van der Waals surface area (Å²) in [6.07, 6.45) is 1.48. The van der Waals surface area contributed by atoms with Crippen molar-refractivity contribution in [1.82, 2.24) is 5.43 Å². The van der Waals surface area contributed by atoms with Gasteiger partial charge in [0, 0.05) is 10.9 Å². The molecule has 0 unspecified atom stereocenters. The third-order valence-corrected chi connectivity index (χ3v) is 5.04. The van der Waals surface area contributed by atoms with E-state index in [2.05, 4.69) is 16.6 Å². The number of ether oxygens (including phenoxy) is 3. The van der Waals surface area contributed by atoms with Gasteiger partial charge in [0.2, 0.25) is 0 Å². The Morgan fingerprint density at radius 1 is 1.03 bits per heavy atom. The van der Waals surface area contributed by atoms with Crippen molar-refractivity contribution in [1.29, 1.82) is 5.26 Å². The number of hydrogen-bond acceptors (Lipinski definition) is 7. The van der Waals surface area contributed by atoms with Crippen molar-refractivity contribution in [2.45, 2.75) is 6.61 Å². The third kappa shape index (κ3) is 4.84. The molecule has 0 spiro atoms. The molecule has 0 atom stereocenters. The fourth-order valence-corrected chi connectivity index (χ4v) is 3.32. The molecule has 0 bridgehead atoms. The number of amides is 1. The van der Waals surface area contributed by atoms with Crippen LogP contribution in [0, 0.1) is 11.3 Å². The fourth-order valence-electron chi connectivity index (χ4n) is 3.32. The van der Waals surface area contributed by atoms with Gasteiger partial charge in [-0.25, -0.2) is 5.43 Å². The number of nitrogens with one attached hydrogen (secondary N) is 1. The molecule has 0 saturated heterocycles. The maximum absolute atomic E-state index is 12.4. The second-order valence-electron chi connectivity index (χ2n) is 7.16. The van der Waals surface area contributed by atoms with Crippen molar-refractivity contribution in [3.05, 3.63) is 89.2 Å². The van der Waals surface area contributed by atoms with Crippen molar-refractivity contribution in [3.8, 4) is 23.3 Å². The molecular weight excluding hydrogens is 434 g/mol. The smallest absolute Gasteiger partial charge is 0.307 e. The SMILES string of the molecule is COc1cc(/C=N\NC(=O)c2cc3cccc(OC)c3o2)ccc1OCc1ccccc1C#N. The highest BCUT2D eigenvalue weighted by molar-refractivity contribution is 5.97. The van der Waals surface area contributed by atoms with Gasteiger partial charge in [-0.15, -0.1) is 0 Å². The van der Waals surface area contributed by atoms with Gasteiger partial charge < -0.3 is 18.6 Å². The van der Waals surface area contributed by atoms with Gasteiger partial charge in [-0.3, -0.25) is 4.79 Å². The Bertz CT molecular complexity index is 1400. The van der Waals surface area contributed by atoms with Crippen LogP contribution in [0.15, 0.2) is 76.2 Å². The van der Waals surface area contributed by atoms with Gasteiger partial charge in [-0.1, -0.05) is 30.3 Å². The number of nitriles is 1. The van der Waals surface area contributed by atoms with Gasteiger partial charge in [0.1, 0.15) is 6.61 Å². The van der Waals surface area contributed by atoms with Crippen LogP contribution in [0.1, 0.15) is 27.2 Å². The lowest BCUT2D eigenvalue weighted by atomic mass is 10.1. The summed E-state index contributed by atoms with van der Waals surface area (Å²) in [5.74, 6) is 1.19. The molecule has 0 fully saturated rings. The van der Waals surface area contributed by atoms with E-state index >= 15 is 0 Å². The highest BCUT2D eigenvalue weighted by Crippen LogP contribution is 2.29. The molecule has 8 nitrogen and oxygen atoms in total. The molecular formula is C26H21N3O5. The number of benzene rings is 3. The molecule has 8 heteroatoms. The first-order chi connectivity index (χ1) is 16.6. The van der Waals surface area contributed by atoms with Crippen LogP contribution in [-0.4, -0.2) is 26.3 Å². The predicted octanol–water partition coefficient (Wildman–Crippen LogP) is 4.66. The Kier molecular flexibility index (Phi) is 6.75. The number of hydrazone groups is 1. The van der Waals surface area contributed by atoms with Crippen molar-refractivity contribution in [2.75, 3.05) is 14.2 Å². The van der Waals surface area contributed by atoms with Crippen LogP contribution in [0.3, 0.4) is 0 Å². The molecule has 170 valence electrons. The standard InChI is InChI=1S/C26H21N3O5/c1-31-22-9-5-8-18-13-24(34-25(18)22)26(30)29-28-15-17-10-11-21(23(12-17)32-2)33-16-20-7-4-3-6-19(20)14-27/h3-13,15H,16H2,1-2H3,(H,29,30)/b28-15-. The molecule has 3 aromatic carbocycles. The summed E-state index contributed by atoms with van der Waals surface area (Å²) in [4.78, 5) is 12.4. The van der Waals surface area contributed by atoms with Gasteiger partial charge >= 0.3 is 5.91 Å². The molecule has 4 aromatic rings. The minimum absolute atomic E-state index is 0.121. The topological polar surface area (TPSA) is 106 Å². The third-order valence-electron chi connectivity index (χ3n) is 5.04. The number of furan rings is 1. The van der Waals surface area contributed by atoms with E-state index in [0.29, 0.717) is 34.0 Å². The first-order valence-corrected chi connectivity index (χ1v) is 10.3. The molecule has 1 amide bonds. The summed E-state index contributed by atoms with van der Waals surface area (Å²) in [6.45, 7) is 0.228. The molecule has 1 heterocycles. The summed E-state index contributed by atoms with van der Waals surface area (Å²) in [7, 11) is 3.07. The second kappa shape index (κ2) is 10.2. The van der Waals surface area contributed by atoms with E-state index < -0.39 is 5.91 Å². The van der Waals surface area contributed by atoms with Crippen molar-refractivity contribution >= 4 is 23.1 Å².